The third-order valence-corrected chi connectivity index (χ3v) is 4.55. The van der Waals surface area contributed by atoms with Crippen LogP contribution in [0.2, 0.25) is 5.15 Å². The first-order valence-corrected chi connectivity index (χ1v) is 7.25. The van der Waals surface area contributed by atoms with Crippen molar-refractivity contribution in [3.63, 3.8) is 0 Å². The zero-order valence-corrected chi connectivity index (χ0v) is 11.9. The van der Waals surface area contributed by atoms with Gasteiger partial charge in [0.05, 0.1) is 6.04 Å². The summed E-state index contributed by atoms with van der Waals surface area (Å²) in [5.41, 5.74) is 1.42. The van der Waals surface area contributed by atoms with E-state index in [-0.39, 0.29) is 0 Å². The molecule has 0 N–H and O–H groups in total. The van der Waals surface area contributed by atoms with E-state index in [1.807, 2.05) is 24.3 Å². The minimum atomic E-state index is 0.352. The first kappa shape index (κ1) is 11.9. The van der Waals surface area contributed by atoms with Crippen LogP contribution in [0.1, 0.15) is 29.2 Å². The van der Waals surface area contributed by atoms with Crippen molar-refractivity contribution in [1.29, 1.82) is 0 Å². The normalized spacial score (nSPS) is 18.8. The predicted octanol–water partition coefficient (Wildman–Crippen LogP) is 3.62. The summed E-state index contributed by atoms with van der Waals surface area (Å²) in [5, 5.41) is 2.68. The van der Waals surface area contributed by atoms with Crippen LogP contribution in [0.5, 0.6) is 0 Å². The van der Waals surface area contributed by atoms with Crippen LogP contribution in [-0.2, 0) is 6.42 Å². The van der Waals surface area contributed by atoms with Crippen molar-refractivity contribution in [2.45, 2.75) is 26.3 Å². The number of hydrogen-bond donors (Lipinski definition) is 0. The van der Waals surface area contributed by atoms with Crippen molar-refractivity contribution >= 4 is 28.8 Å². The summed E-state index contributed by atoms with van der Waals surface area (Å²) in [6.07, 6.45) is 1.08. The molecule has 0 aromatic carbocycles. The maximum atomic E-state index is 6.02. The van der Waals surface area contributed by atoms with Crippen LogP contribution in [0.25, 0.3) is 0 Å². The molecule has 3 nitrogen and oxygen atoms in total. The largest absolute Gasteiger partial charge is 0.349 e. The zero-order valence-electron chi connectivity index (χ0n) is 10.4. The van der Waals surface area contributed by atoms with Crippen molar-refractivity contribution in [3.8, 4) is 0 Å². The van der Waals surface area contributed by atoms with Crippen LogP contribution in [0.3, 0.4) is 0 Å². The van der Waals surface area contributed by atoms with Crippen LogP contribution in [0.4, 0.5) is 5.82 Å². The van der Waals surface area contributed by atoms with Crippen molar-refractivity contribution in [2.75, 3.05) is 11.4 Å². The number of rotatable bonds is 1. The number of halogens is 1. The Morgan fingerprint density at radius 1 is 1.44 bits per heavy atom. The van der Waals surface area contributed by atoms with Crippen LogP contribution in [0, 0.1) is 6.92 Å². The highest BCUT2D eigenvalue weighted by Crippen LogP contribution is 2.35. The number of nitrogens with zero attached hydrogens (tertiary/aromatic N) is 3. The molecule has 2 aromatic rings. The van der Waals surface area contributed by atoms with E-state index >= 15 is 0 Å². The van der Waals surface area contributed by atoms with Gasteiger partial charge in [-0.05, 0) is 37.3 Å². The molecule has 5 heteroatoms. The van der Waals surface area contributed by atoms with E-state index < -0.39 is 0 Å². The second-order valence-corrected chi connectivity index (χ2v) is 5.90. The molecule has 0 radical (unpaired) electrons. The van der Waals surface area contributed by atoms with Gasteiger partial charge in [0.1, 0.15) is 16.8 Å². The number of hydrogen-bond acceptors (Lipinski definition) is 4. The Hall–Kier alpha value is -1.13. The quantitative estimate of drug-likeness (QED) is 0.747. The molecule has 0 spiro atoms. The molecule has 0 fully saturated rings. The summed E-state index contributed by atoms with van der Waals surface area (Å²) < 4.78 is 0. The van der Waals surface area contributed by atoms with Gasteiger partial charge in [-0.25, -0.2) is 9.97 Å². The summed E-state index contributed by atoms with van der Waals surface area (Å²) >= 11 is 7.87. The molecule has 2 aromatic heterocycles. The molecule has 94 valence electrons. The van der Waals surface area contributed by atoms with Crippen LogP contribution in [-0.4, -0.2) is 16.5 Å². The molecule has 0 aliphatic carbocycles. The fourth-order valence-corrected chi connectivity index (χ4v) is 3.67. The molecule has 3 heterocycles. The Labute approximate surface area is 115 Å². The van der Waals surface area contributed by atoms with E-state index in [4.69, 9.17) is 11.6 Å². The van der Waals surface area contributed by atoms with Gasteiger partial charge >= 0.3 is 0 Å². The van der Waals surface area contributed by atoms with Crippen LogP contribution in [0.15, 0.2) is 17.5 Å². The molecule has 3 rings (SSSR count). The lowest BCUT2D eigenvalue weighted by atomic mass is 10.0. The van der Waals surface area contributed by atoms with Gasteiger partial charge in [-0.15, -0.1) is 11.3 Å². The topological polar surface area (TPSA) is 29.0 Å². The Bertz CT molecular complexity index is 561. The average molecular weight is 280 g/mol. The third kappa shape index (κ3) is 1.99. The first-order valence-electron chi connectivity index (χ1n) is 5.99. The van der Waals surface area contributed by atoms with Crippen molar-refractivity contribution in [2.24, 2.45) is 0 Å². The van der Waals surface area contributed by atoms with Crippen molar-refractivity contribution in [3.05, 3.63) is 38.9 Å². The first-order chi connectivity index (χ1) is 8.65. The summed E-state index contributed by atoms with van der Waals surface area (Å²) in [5.74, 6) is 1.65. The van der Waals surface area contributed by atoms with E-state index in [0.29, 0.717) is 11.2 Å². The summed E-state index contributed by atoms with van der Waals surface area (Å²) in [7, 11) is 0. The highest BCUT2D eigenvalue weighted by atomic mass is 35.5. The smallest absolute Gasteiger partial charge is 0.134 e. The van der Waals surface area contributed by atoms with Gasteiger partial charge in [0.2, 0.25) is 0 Å². The van der Waals surface area contributed by atoms with Crippen molar-refractivity contribution < 1.29 is 0 Å². The molecule has 18 heavy (non-hydrogen) atoms. The molecule has 0 saturated heterocycles. The molecule has 1 atom stereocenters. The second-order valence-electron chi connectivity index (χ2n) is 4.51. The Kier molecular flexibility index (Phi) is 2.99. The van der Waals surface area contributed by atoms with Gasteiger partial charge in [-0.2, -0.15) is 0 Å². The second kappa shape index (κ2) is 4.52. The molecule has 1 aliphatic heterocycles. The van der Waals surface area contributed by atoms with Gasteiger partial charge in [-0.1, -0.05) is 11.6 Å². The van der Waals surface area contributed by atoms with E-state index in [1.165, 1.54) is 10.4 Å². The van der Waals surface area contributed by atoms with E-state index in [2.05, 4.69) is 33.2 Å². The third-order valence-electron chi connectivity index (χ3n) is 3.36. The number of anilines is 1. The Morgan fingerprint density at radius 2 is 2.28 bits per heavy atom. The molecule has 1 aliphatic rings. The lowest BCUT2D eigenvalue weighted by Gasteiger charge is -2.34. The fraction of sp³-hybridized carbons (Fsp3) is 0.385. The van der Waals surface area contributed by atoms with Gasteiger partial charge in [0.25, 0.3) is 0 Å². The van der Waals surface area contributed by atoms with E-state index in [0.717, 1.165) is 24.6 Å². The van der Waals surface area contributed by atoms with Crippen molar-refractivity contribution in [1.82, 2.24) is 9.97 Å². The van der Waals surface area contributed by atoms with E-state index in [9.17, 15) is 0 Å². The average Bonchev–Trinajstić information content (AvgIpc) is 2.77. The Morgan fingerprint density at radius 3 is 3.06 bits per heavy atom. The lowest BCUT2D eigenvalue weighted by molar-refractivity contribution is 0.623. The maximum absolute atomic E-state index is 6.02. The fourth-order valence-electron chi connectivity index (χ4n) is 2.49. The monoisotopic (exact) mass is 279 g/mol. The lowest BCUT2D eigenvalue weighted by Crippen LogP contribution is -2.33. The number of fused-ring (bicyclic) bond motifs is 1. The highest BCUT2D eigenvalue weighted by Gasteiger charge is 2.26. The standard InChI is InChI=1S/C13H14ClN3S/c1-8-10-4-6-18-11(10)3-5-17(8)13-7-12(14)15-9(2)16-13/h4,6-8H,3,5H2,1-2H3. The van der Waals surface area contributed by atoms with Gasteiger partial charge in [-0.3, -0.25) is 0 Å². The van der Waals surface area contributed by atoms with Gasteiger partial charge in [0, 0.05) is 17.5 Å². The molecule has 1 unspecified atom stereocenters. The number of aryl methyl sites for hydroxylation is 1. The van der Waals surface area contributed by atoms with E-state index in [1.54, 1.807) is 0 Å². The molecule has 0 amide bonds. The minimum absolute atomic E-state index is 0.352. The maximum Gasteiger partial charge on any atom is 0.134 e. The summed E-state index contributed by atoms with van der Waals surface area (Å²) in [6.45, 7) is 5.08. The van der Waals surface area contributed by atoms with Gasteiger partial charge in [0.15, 0.2) is 0 Å². The van der Waals surface area contributed by atoms with Crippen LogP contribution >= 0.6 is 22.9 Å². The van der Waals surface area contributed by atoms with Crippen LogP contribution < -0.4 is 4.90 Å². The molecule has 0 bridgehead atoms. The Balaban J connectivity index is 1.99. The SMILES string of the molecule is Cc1nc(Cl)cc(N2CCc3sccc3C2C)n1. The molecular weight excluding hydrogens is 266 g/mol. The minimum Gasteiger partial charge on any atom is -0.349 e. The number of thiophene rings is 1. The highest BCUT2D eigenvalue weighted by molar-refractivity contribution is 7.10. The number of aromatic nitrogens is 2. The summed E-state index contributed by atoms with van der Waals surface area (Å²) in [4.78, 5) is 12.4. The predicted molar refractivity (Wildman–Crippen MR) is 75.6 cm³/mol. The summed E-state index contributed by atoms with van der Waals surface area (Å²) in [6, 6.07) is 4.42. The molecule has 0 saturated carbocycles. The van der Waals surface area contributed by atoms with Gasteiger partial charge < -0.3 is 4.90 Å². The zero-order chi connectivity index (χ0) is 12.7. The molecular formula is C13H14ClN3S.